The van der Waals surface area contributed by atoms with E-state index in [1.807, 2.05) is 31.2 Å². The molecule has 0 aromatic heterocycles. The number of benzene rings is 2. The Balaban J connectivity index is 3.00. The zero-order valence-corrected chi connectivity index (χ0v) is 7.73. The fourth-order valence-corrected chi connectivity index (χ4v) is 1.63. The van der Waals surface area contributed by atoms with Crippen LogP contribution in [0.4, 0.5) is 5.69 Å². The second-order valence-electron chi connectivity index (χ2n) is 3.21. The first-order valence-electron chi connectivity index (χ1n) is 4.30. The maximum absolute atomic E-state index is 9.54. The Morgan fingerprint density at radius 3 is 2.50 bits per heavy atom. The van der Waals surface area contributed by atoms with E-state index in [9.17, 15) is 5.11 Å². The summed E-state index contributed by atoms with van der Waals surface area (Å²) in [6, 6.07) is 9.09. The molecule has 2 aromatic rings. The highest BCUT2D eigenvalue weighted by molar-refractivity contribution is 5.99. The number of nitrogens with zero attached hydrogens (tertiary/aromatic N) is 2. The number of phenols is 1. The van der Waals surface area contributed by atoms with Crippen LogP contribution in [0.5, 0.6) is 5.75 Å². The third-order valence-corrected chi connectivity index (χ3v) is 2.30. The van der Waals surface area contributed by atoms with Crippen LogP contribution in [0.2, 0.25) is 0 Å². The molecule has 14 heavy (non-hydrogen) atoms. The zero-order valence-electron chi connectivity index (χ0n) is 7.73. The average Bonchev–Trinajstić information content (AvgIpc) is 2.18. The summed E-state index contributed by atoms with van der Waals surface area (Å²) >= 11 is 0. The van der Waals surface area contributed by atoms with Gasteiger partial charge in [-0.05, 0) is 30.0 Å². The van der Waals surface area contributed by atoms with E-state index in [0.29, 0.717) is 0 Å². The number of hydrogen-bond donors (Lipinski definition) is 1. The summed E-state index contributed by atoms with van der Waals surface area (Å²) in [6.45, 7) is 1.91. The molecule has 0 radical (unpaired) electrons. The van der Waals surface area contributed by atoms with Crippen LogP contribution in [0.15, 0.2) is 30.3 Å². The maximum Gasteiger partial charge on any atom is 0.433 e. The lowest BCUT2D eigenvalue weighted by Crippen LogP contribution is -1.79. The third-order valence-electron chi connectivity index (χ3n) is 2.30. The van der Waals surface area contributed by atoms with Crippen LogP contribution in [0, 0.1) is 12.3 Å². The van der Waals surface area contributed by atoms with Gasteiger partial charge in [-0.1, -0.05) is 18.2 Å². The van der Waals surface area contributed by atoms with Gasteiger partial charge in [-0.3, -0.25) is 0 Å². The van der Waals surface area contributed by atoms with Crippen LogP contribution in [-0.2, 0) is 0 Å². The van der Waals surface area contributed by atoms with Crippen LogP contribution in [0.1, 0.15) is 5.56 Å². The molecule has 0 fully saturated rings. The van der Waals surface area contributed by atoms with Gasteiger partial charge in [0.25, 0.3) is 0 Å². The number of aromatic hydroxyl groups is 1. The van der Waals surface area contributed by atoms with Crippen LogP contribution in [0.3, 0.4) is 0 Å². The fourth-order valence-electron chi connectivity index (χ4n) is 1.63. The molecule has 1 N–H and O–H groups in total. The Morgan fingerprint density at radius 1 is 1.21 bits per heavy atom. The summed E-state index contributed by atoms with van der Waals surface area (Å²) < 4.78 is 0. The molecule has 3 heteroatoms. The number of phenolic OH excluding ortho intramolecular Hbond substituents is 1. The molecule has 0 atom stereocenters. The van der Waals surface area contributed by atoms with Crippen LogP contribution in [0.25, 0.3) is 15.7 Å². The van der Waals surface area contributed by atoms with E-state index < -0.39 is 0 Å². The van der Waals surface area contributed by atoms with Gasteiger partial charge < -0.3 is 5.11 Å². The molecule has 0 spiro atoms. The predicted molar refractivity (Wildman–Crippen MR) is 55.1 cm³/mol. The minimum atomic E-state index is 0.00343. The minimum Gasteiger partial charge on any atom is -0.501 e. The van der Waals surface area contributed by atoms with Gasteiger partial charge in [0.05, 0.1) is 5.39 Å². The molecule has 0 aliphatic carbocycles. The summed E-state index contributed by atoms with van der Waals surface area (Å²) in [4.78, 5) is 3.09. The normalized spacial score (nSPS) is 10.0. The molecule has 2 aromatic carbocycles. The molecular formula is C11H9N2O+. The highest BCUT2D eigenvalue weighted by atomic mass is 16.3. The molecule has 2 rings (SSSR count). The SMILES string of the molecule is Cc1cc(O)c([N+]#N)c2ccccc12. The summed E-state index contributed by atoms with van der Waals surface area (Å²) in [5, 5.41) is 20.0. The highest BCUT2D eigenvalue weighted by Crippen LogP contribution is 2.36. The molecule has 68 valence electrons. The molecule has 0 amide bonds. The van der Waals surface area contributed by atoms with Crippen molar-refractivity contribution in [1.29, 1.82) is 5.39 Å². The molecule has 0 heterocycles. The quantitative estimate of drug-likeness (QED) is 0.640. The molecule has 3 nitrogen and oxygen atoms in total. The first-order valence-corrected chi connectivity index (χ1v) is 4.30. The van der Waals surface area contributed by atoms with Crippen molar-refractivity contribution >= 4 is 16.5 Å². The van der Waals surface area contributed by atoms with E-state index in [0.717, 1.165) is 16.3 Å². The van der Waals surface area contributed by atoms with Gasteiger partial charge in [0.2, 0.25) is 11.1 Å². The fraction of sp³-hybridized carbons (Fsp3) is 0.0909. The van der Waals surface area contributed by atoms with Crippen molar-refractivity contribution in [3.8, 4) is 5.75 Å². The van der Waals surface area contributed by atoms with Crippen LogP contribution < -0.4 is 0 Å². The monoisotopic (exact) mass is 185 g/mol. The lowest BCUT2D eigenvalue weighted by molar-refractivity contribution is 0.478. The second kappa shape index (κ2) is 3.00. The lowest BCUT2D eigenvalue weighted by atomic mass is 10.0. The van der Waals surface area contributed by atoms with Crippen molar-refractivity contribution in [2.75, 3.05) is 0 Å². The molecule has 0 saturated heterocycles. The van der Waals surface area contributed by atoms with Gasteiger partial charge in [-0.15, -0.1) is 0 Å². The smallest absolute Gasteiger partial charge is 0.433 e. The maximum atomic E-state index is 9.54. The summed E-state index contributed by atoms with van der Waals surface area (Å²) in [6.07, 6.45) is 0. The van der Waals surface area contributed by atoms with Gasteiger partial charge in [-0.2, -0.15) is 0 Å². The van der Waals surface area contributed by atoms with Crippen LogP contribution in [-0.4, -0.2) is 5.11 Å². The number of rotatable bonds is 0. The third kappa shape index (κ3) is 1.09. The highest BCUT2D eigenvalue weighted by Gasteiger charge is 2.19. The largest absolute Gasteiger partial charge is 0.501 e. The van der Waals surface area contributed by atoms with Crippen molar-refractivity contribution in [3.63, 3.8) is 0 Å². The number of diazo groups is 1. The Kier molecular flexibility index (Phi) is 1.83. The first kappa shape index (κ1) is 8.52. The minimum absolute atomic E-state index is 0.00343. The Hall–Kier alpha value is -2.08. The molecular weight excluding hydrogens is 176 g/mol. The van der Waals surface area contributed by atoms with E-state index in [1.165, 1.54) is 0 Å². The summed E-state index contributed by atoms with van der Waals surface area (Å²) in [5.41, 5.74) is 1.19. The Morgan fingerprint density at radius 2 is 1.86 bits per heavy atom. The van der Waals surface area contributed by atoms with Crippen molar-refractivity contribution in [2.24, 2.45) is 0 Å². The van der Waals surface area contributed by atoms with Crippen LogP contribution >= 0.6 is 0 Å². The first-order chi connectivity index (χ1) is 6.74. The van der Waals surface area contributed by atoms with E-state index >= 15 is 0 Å². The Labute approximate surface area is 81.2 Å². The van der Waals surface area contributed by atoms with E-state index in [2.05, 4.69) is 4.98 Å². The van der Waals surface area contributed by atoms with Crippen molar-refractivity contribution in [1.82, 2.24) is 0 Å². The number of fused-ring (bicyclic) bond motifs is 1. The molecule has 0 unspecified atom stereocenters. The van der Waals surface area contributed by atoms with Gasteiger partial charge in [0.15, 0.2) is 4.98 Å². The number of hydrogen-bond acceptors (Lipinski definition) is 2. The molecule has 0 aliphatic heterocycles. The van der Waals surface area contributed by atoms with E-state index in [-0.39, 0.29) is 11.4 Å². The average molecular weight is 185 g/mol. The topological polar surface area (TPSA) is 48.4 Å². The number of aryl methyl sites for hydroxylation is 1. The summed E-state index contributed by atoms with van der Waals surface area (Å²) in [5.74, 6) is 0.00343. The predicted octanol–water partition coefficient (Wildman–Crippen LogP) is 3.34. The van der Waals surface area contributed by atoms with Gasteiger partial charge in [-0.25, -0.2) is 0 Å². The van der Waals surface area contributed by atoms with Gasteiger partial charge in [0, 0.05) is 0 Å². The Bertz CT molecular complexity index is 541. The van der Waals surface area contributed by atoms with Gasteiger partial charge >= 0.3 is 5.69 Å². The van der Waals surface area contributed by atoms with Crippen molar-refractivity contribution in [2.45, 2.75) is 6.92 Å². The molecule has 0 saturated carbocycles. The van der Waals surface area contributed by atoms with E-state index in [1.54, 1.807) is 6.07 Å². The summed E-state index contributed by atoms with van der Waals surface area (Å²) in [7, 11) is 0. The zero-order chi connectivity index (χ0) is 10.1. The second-order valence-corrected chi connectivity index (χ2v) is 3.21. The van der Waals surface area contributed by atoms with Crippen molar-refractivity contribution < 1.29 is 5.11 Å². The van der Waals surface area contributed by atoms with E-state index in [4.69, 9.17) is 5.39 Å². The lowest BCUT2D eigenvalue weighted by Gasteiger charge is -1.99. The standard InChI is InChI=1S/C11H8N2O/c1-7-6-10(14)11(13-12)9-5-3-2-4-8(7)9/h2-6H,1H3/p+1. The van der Waals surface area contributed by atoms with Gasteiger partial charge in [0.1, 0.15) is 0 Å². The molecule has 0 bridgehead atoms. The molecule has 0 aliphatic rings. The van der Waals surface area contributed by atoms with Crippen molar-refractivity contribution in [3.05, 3.63) is 40.9 Å².